The van der Waals surface area contributed by atoms with E-state index in [1.54, 1.807) is 14.0 Å². The number of esters is 1. The molecule has 1 N–H and O–H groups in total. The van der Waals surface area contributed by atoms with Gasteiger partial charge in [-0.25, -0.2) is 4.79 Å². The van der Waals surface area contributed by atoms with Crippen LogP contribution in [0.1, 0.15) is 65.7 Å². The van der Waals surface area contributed by atoms with Gasteiger partial charge in [0.15, 0.2) is 11.5 Å². The Hall–Kier alpha value is -1.79. The molecule has 0 bridgehead atoms. The van der Waals surface area contributed by atoms with Gasteiger partial charge in [0.1, 0.15) is 5.76 Å². The summed E-state index contributed by atoms with van der Waals surface area (Å²) in [5.74, 6) is 2.54. The minimum absolute atomic E-state index is 0.0780. The van der Waals surface area contributed by atoms with Crippen molar-refractivity contribution in [1.29, 1.82) is 0 Å². The van der Waals surface area contributed by atoms with Crippen LogP contribution in [0.2, 0.25) is 0 Å². The molecule has 6 heteroatoms. The third-order valence-electron chi connectivity index (χ3n) is 8.27. The third-order valence-corrected chi connectivity index (χ3v) is 8.27. The number of piperidine rings is 2. The lowest BCUT2D eigenvalue weighted by atomic mass is 9.71. The Balaban J connectivity index is 1.54. The second kappa shape index (κ2) is 7.13. The van der Waals surface area contributed by atoms with E-state index in [1.807, 2.05) is 0 Å². The van der Waals surface area contributed by atoms with Crippen molar-refractivity contribution in [2.24, 2.45) is 11.8 Å². The second-order valence-electron chi connectivity index (χ2n) is 9.61. The minimum atomic E-state index is -0.590. The Morgan fingerprint density at radius 1 is 1.30 bits per heavy atom. The predicted molar refractivity (Wildman–Crippen MR) is 111 cm³/mol. The molecule has 30 heavy (non-hydrogen) atoms. The molecular weight excluding hydrogens is 382 g/mol. The highest BCUT2D eigenvalue weighted by atomic mass is 16.6. The second-order valence-corrected chi connectivity index (χ2v) is 9.61. The van der Waals surface area contributed by atoms with Crippen molar-refractivity contribution >= 4 is 5.97 Å². The van der Waals surface area contributed by atoms with E-state index in [2.05, 4.69) is 24.8 Å². The lowest BCUT2D eigenvalue weighted by Gasteiger charge is -2.56. The van der Waals surface area contributed by atoms with Gasteiger partial charge in [-0.2, -0.15) is 0 Å². The van der Waals surface area contributed by atoms with Gasteiger partial charge < -0.3 is 19.3 Å². The lowest BCUT2D eigenvalue weighted by molar-refractivity contribution is -0.140. The first-order valence-corrected chi connectivity index (χ1v) is 11.5. The molecule has 5 aliphatic rings. The number of carbonyl (C=O) groups excluding carboxylic acids is 1. The molecule has 0 aromatic heterocycles. The number of aliphatic hydroxyl groups is 1. The van der Waals surface area contributed by atoms with Crippen molar-refractivity contribution in [3.05, 3.63) is 34.7 Å². The molecule has 0 spiro atoms. The normalized spacial score (nSPS) is 43.4. The number of fused-ring (bicyclic) bond motifs is 2. The van der Waals surface area contributed by atoms with E-state index in [1.165, 1.54) is 0 Å². The third kappa shape index (κ3) is 2.72. The molecule has 3 saturated heterocycles. The monoisotopic (exact) mass is 415 g/mol. The lowest BCUT2D eigenvalue weighted by Crippen LogP contribution is -2.65. The number of methoxy groups -OCH3 is 1. The van der Waals surface area contributed by atoms with Crippen LogP contribution in [0.3, 0.4) is 0 Å². The van der Waals surface area contributed by atoms with E-state index >= 15 is 0 Å². The molecule has 0 aromatic carbocycles. The van der Waals surface area contributed by atoms with Crippen LogP contribution < -0.4 is 0 Å². The first-order chi connectivity index (χ1) is 14.4. The first-order valence-electron chi connectivity index (χ1n) is 11.5. The van der Waals surface area contributed by atoms with Gasteiger partial charge in [0.2, 0.25) is 5.76 Å². The van der Waals surface area contributed by atoms with Crippen LogP contribution in [0.5, 0.6) is 0 Å². The fourth-order valence-electron chi connectivity index (χ4n) is 6.66. The smallest absolute Gasteiger partial charge is 0.343 e. The van der Waals surface area contributed by atoms with Gasteiger partial charge >= 0.3 is 5.97 Å². The van der Waals surface area contributed by atoms with Crippen molar-refractivity contribution in [1.82, 2.24) is 4.90 Å². The summed E-state index contributed by atoms with van der Waals surface area (Å²) in [4.78, 5) is 14.8. The largest absolute Gasteiger partial charge is 0.492 e. The quantitative estimate of drug-likeness (QED) is 0.693. The maximum absolute atomic E-state index is 12.2. The molecule has 0 saturated carbocycles. The van der Waals surface area contributed by atoms with Gasteiger partial charge in [-0.1, -0.05) is 20.3 Å². The molecule has 5 aliphatic heterocycles. The summed E-state index contributed by atoms with van der Waals surface area (Å²) in [6.45, 7) is 6.01. The maximum atomic E-state index is 12.2. The number of allylic oxidation sites excluding steroid dienone is 1. The van der Waals surface area contributed by atoms with Gasteiger partial charge in [-0.15, -0.1) is 0 Å². The highest BCUT2D eigenvalue weighted by Crippen LogP contribution is 2.53. The van der Waals surface area contributed by atoms with Gasteiger partial charge in [0, 0.05) is 30.0 Å². The molecule has 6 nitrogen and oxygen atoms in total. The van der Waals surface area contributed by atoms with Crippen LogP contribution in [0.15, 0.2) is 34.7 Å². The topological polar surface area (TPSA) is 68.2 Å². The summed E-state index contributed by atoms with van der Waals surface area (Å²) in [7, 11) is 1.56. The van der Waals surface area contributed by atoms with Crippen LogP contribution in [0.4, 0.5) is 0 Å². The summed E-state index contributed by atoms with van der Waals surface area (Å²) in [6, 6.07) is 1.03. The van der Waals surface area contributed by atoms with Crippen LogP contribution >= 0.6 is 0 Å². The molecular formula is C24H33NO5. The van der Waals surface area contributed by atoms with E-state index in [9.17, 15) is 9.90 Å². The van der Waals surface area contributed by atoms with Gasteiger partial charge in [0.25, 0.3) is 0 Å². The van der Waals surface area contributed by atoms with Crippen molar-refractivity contribution in [2.75, 3.05) is 7.11 Å². The highest BCUT2D eigenvalue weighted by molar-refractivity contribution is 5.93. The molecule has 5 rings (SSSR count). The molecule has 0 aromatic rings. The average Bonchev–Trinajstić information content (AvgIpc) is 3.16. The van der Waals surface area contributed by atoms with E-state index in [4.69, 9.17) is 14.2 Å². The van der Waals surface area contributed by atoms with Crippen LogP contribution in [0.25, 0.3) is 0 Å². The van der Waals surface area contributed by atoms with Gasteiger partial charge in [-0.3, -0.25) is 4.90 Å². The van der Waals surface area contributed by atoms with Gasteiger partial charge in [-0.05, 0) is 51.5 Å². The fraction of sp³-hybridized carbons (Fsp3) is 0.708. The zero-order valence-electron chi connectivity index (χ0n) is 18.4. The number of nitrogens with zero attached hydrogens (tertiary/aromatic N) is 1. The van der Waals surface area contributed by atoms with E-state index in [-0.39, 0.29) is 23.8 Å². The van der Waals surface area contributed by atoms with E-state index < -0.39 is 5.60 Å². The highest BCUT2D eigenvalue weighted by Gasteiger charge is 2.55. The standard InChI is InChI=1S/C24H33NO5/c1-5-24(27)12-11-15-9-10-17-19(16-7-6-8-18(24)25(15)16)13(2)21(29-17)22-20(28-4)14(3)23(26)30-22/h10,13,15-16,18-19,27H,5-9,11-12H2,1-4H3/b22-21-/t13-,15+,16-,18-,19+,24+/m0/s1. The Morgan fingerprint density at radius 2 is 2.10 bits per heavy atom. The molecule has 5 heterocycles. The van der Waals surface area contributed by atoms with Crippen LogP contribution in [0, 0.1) is 11.8 Å². The Morgan fingerprint density at radius 3 is 2.83 bits per heavy atom. The van der Waals surface area contributed by atoms with Crippen molar-refractivity contribution in [2.45, 2.75) is 89.4 Å². The molecule has 6 atom stereocenters. The predicted octanol–water partition coefficient (Wildman–Crippen LogP) is 3.77. The Bertz CT molecular complexity index is 858. The van der Waals surface area contributed by atoms with Crippen molar-refractivity contribution in [3.8, 4) is 0 Å². The molecule has 0 amide bonds. The Kier molecular flexibility index (Phi) is 4.78. The number of ether oxygens (including phenoxy) is 3. The number of hydrogen-bond acceptors (Lipinski definition) is 6. The summed E-state index contributed by atoms with van der Waals surface area (Å²) >= 11 is 0. The summed E-state index contributed by atoms with van der Waals surface area (Å²) in [5, 5.41) is 11.4. The number of rotatable bonds is 2. The zero-order chi connectivity index (χ0) is 21.2. The molecule has 0 unspecified atom stereocenters. The summed E-state index contributed by atoms with van der Waals surface area (Å²) in [5.41, 5.74) is -0.105. The van der Waals surface area contributed by atoms with Gasteiger partial charge in [0.05, 0.1) is 18.3 Å². The fourth-order valence-corrected chi connectivity index (χ4v) is 6.66. The number of hydrogen-bond donors (Lipinski definition) is 1. The zero-order valence-corrected chi connectivity index (χ0v) is 18.4. The number of carbonyl (C=O) groups is 1. The summed E-state index contributed by atoms with van der Waals surface area (Å²) in [6.07, 6.45) is 9.22. The summed E-state index contributed by atoms with van der Waals surface area (Å²) < 4.78 is 17.5. The SMILES string of the molecule is CC[C@@]1(O)CC[C@H]2CC=C3O/C(=C4\OC(=O)C(C)=C4OC)[C@@H](C)[C@@H]3[C@@H]3CCC[C@@H]1N23. The molecule has 0 aliphatic carbocycles. The number of cyclic esters (lactones) is 1. The first kappa shape index (κ1) is 20.1. The average molecular weight is 416 g/mol. The van der Waals surface area contributed by atoms with Crippen molar-refractivity contribution < 1.29 is 24.1 Å². The van der Waals surface area contributed by atoms with Crippen molar-refractivity contribution in [3.63, 3.8) is 0 Å². The minimum Gasteiger partial charge on any atom is -0.492 e. The molecule has 3 fully saturated rings. The Labute approximate surface area is 178 Å². The molecule has 164 valence electrons. The van der Waals surface area contributed by atoms with Crippen LogP contribution in [-0.4, -0.2) is 46.8 Å². The van der Waals surface area contributed by atoms with Crippen LogP contribution in [-0.2, 0) is 19.0 Å². The van der Waals surface area contributed by atoms with E-state index in [0.717, 1.165) is 50.7 Å². The molecule has 0 radical (unpaired) electrons. The van der Waals surface area contributed by atoms with E-state index in [0.29, 0.717) is 34.9 Å². The maximum Gasteiger partial charge on any atom is 0.343 e.